The van der Waals surface area contributed by atoms with Gasteiger partial charge < -0.3 is 14.8 Å². The normalized spacial score (nSPS) is 11.1. The van der Waals surface area contributed by atoms with Crippen LogP contribution in [0.4, 0.5) is 0 Å². The molecule has 1 amide bonds. The van der Waals surface area contributed by atoms with Crippen molar-refractivity contribution in [3.63, 3.8) is 0 Å². The number of nitrogens with one attached hydrogen (secondary N) is 1. The van der Waals surface area contributed by atoms with Crippen LogP contribution in [0.25, 0.3) is 0 Å². The summed E-state index contributed by atoms with van der Waals surface area (Å²) in [5.74, 6) is -2.12. The van der Waals surface area contributed by atoms with E-state index < -0.39 is 39.3 Å². The lowest BCUT2D eigenvalue weighted by molar-refractivity contribution is -0.121. The third-order valence-corrected chi connectivity index (χ3v) is 5.43. The molecule has 0 spiro atoms. The molecule has 10 heteroatoms. The highest BCUT2D eigenvalue weighted by Crippen LogP contribution is 2.23. The lowest BCUT2D eigenvalue weighted by Gasteiger charge is -2.21. The maximum absolute atomic E-state index is 13.0. The predicted octanol–water partition coefficient (Wildman–Crippen LogP) is 0.406. The number of benzene rings is 1. The highest BCUT2D eigenvalue weighted by atomic mass is 32.2. The molecule has 1 aromatic rings. The molecule has 0 unspecified atom stereocenters. The summed E-state index contributed by atoms with van der Waals surface area (Å²) in [5.41, 5.74) is -0.290. The Kier molecular flexibility index (Phi) is 7.72. The molecule has 0 aliphatic heterocycles. The van der Waals surface area contributed by atoms with E-state index in [2.05, 4.69) is 14.8 Å². The van der Waals surface area contributed by atoms with Gasteiger partial charge in [-0.3, -0.25) is 4.79 Å². The van der Waals surface area contributed by atoms with E-state index >= 15 is 0 Å². The number of carbonyl (C=O) groups excluding carboxylic acids is 3. The van der Waals surface area contributed by atoms with Crippen molar-refractivity contribution in [1.29, 1.82) is 0 Å². The van der Waals surface area contributed by atoms with Gasteiger partial charge in [-0.1, -0.05) is 6.92 Å². The topological polar surface area (TPSA) is 119 Å². The van der Waals surface area contributed by atoms with Crippen LogP contribution in [0.15, 0.2) is 23.1 Å². The van der Waals surface area contributed by atoms with Crippen molar-refractivity contribution in [3.05, 3.63) is 29.3 Å². The predicted molar refractivity (Wildman–Crippen MR) is 92.2 cm³/mol. The van der Waals surface area contributed by atoms with Gasteiger partial charge >= 0.3 is 11.9 Å². The Labute approximate surface area is 152 Å². The van der Waals surface area contributed by atoms with Crippen LogP contribution in [0.3, 0.4) is 0 Å². The lowest BCUT2D eigenvalue weighted by Crippen LogP contribution is -2.41. The largest absolute Gasteiger partial charge is 0.465 e. The Bertz CT molecular complexity index is 790. The van der Waals surface area contributed by atoms with Gasteiger partial charge in [-0.05, 0) is 25.1 Å². The molecule has 0 saturated carbocycles. The summed E-state index contributed by atoms with van der Waals surface area (Å²) in [7, 11) is -1.99. The Morgan fingerprint density at radius 3 is 2.19 bits per heavy atom. The molecule has 9 nitrogen and oxygen atoms in total. The van der Waals surface area contributed by atoms with Crippen LogP contribution in [0, 0.1) is 0 Å². The van der Waals surface area contributed by atoms with E-state index in [9.17, 15) is 22.8 Å². The molecular formula is C16H22N2O7S. The monoisotopic (exact) mass is 386 g/mol. The van der Waals surface area contributed by atoms with Crippen molar-refractivity contribution in [2.45, 2.75) is 18.7 Å². The van der Waals surface area contributed by atoms with Gasteiger partial charge in [0.05, 0.1) is 36.8 Å². The molecule has 26 heavy (non-hydrogen) atoms. The molecule has 1 aromatic carbocycles. The van der Waals surface area contributed by atoms with E-state index in [0.717, 1.165) is 24.6 Å². The Balaban J connectivity index is 3.48. The maximum atomic E-state index is 13.0. The molecule has 0 saturated heterocycles. The number of nitrogens with zero attached hydrogens (tertiary/aromatic N) is 1. The number of ether oxygens (including phenoxy) is 2. The zero-order valence-electron chi connectivity index (χ0n) is 15.1. The molecule has 0 bridgehead atoms. The first-order valence-electron chi connectivity index (χ1n) is 7.80. The quantitative estimate of drug-likeness (QED) is 0.643. The highest BCUT2D eigenvalue weighted by Gasteiger charge is 2.31. The van der Waals surface area contributed by atoms with Gasteiger partial charge in [-0.15, -0.1) is 0 Å². The van der Waals surface area contributed by atoms with E-state index in [0.29, 0.717) is 6.54 Å². The third-order valence-electron chi connectivity index (χ3n) is 3.47. The number of hydrogen-bond donors (Lipinski definition) is 1. The van der Waals surface area contributed by atoms with Crippen LogP contribution in [0.1, 0.15) is 34.6 Å². The second kappa shape index (κ2) is 9.30. The van der Waals surface area contributed by atoms with Crippen molar-refractivity contribution < 1.29 is 32.3 Å². The van der Waals surface area contributed by atoms with E-state index in [-0.39, 0.29) is 17.7 Å². The number of hydrogen-bond acceptors (Lipinski definition) is 7. The van der Waals surface area contributed by atoms with Gasteiger partial charge in [-0.25, -0.2) is 18.0 Å². The molecule has 144 valence electrons. The van der Waals surface area contributed by atoms with Gasteiger partial charge in [0.25, 0.3) is 0 Å². The summed E-state index contributed by atoms with van der Waals surface area (Å²) in [6.07, 6.45) is 0. The maximum Gasteiger partial charge on any atom is 0.339 e. The molecule has 0 fully saturated rings. The molecular weight excluding hydrogens is 364 g/mol. The van der Waals surface area contributed by atoms with Crippen LogP contribution in [0.2, 0.25) is 0 Å². The number of amides is 1. The fourth-order valence-corrected chi connectivity index (χ4v) is 3.79. The standard InChI is InChI=1S/C16H22N2O7S/c1-5-17-14(19)10-18(6-2)26(22,23)13-9-11(15(20)24-3)7-8-12(13)16(21)25-4/h7-9H,5-6,10H2,1-4H3,(H,17,19). The molecule has 0 aliphatic rings. The van der Waals surface area contributed by atoms with Gasteiger partial charge in [0.2, 0.25) is 15.9 Å². The van der Waals surface area contributed by atoms with E-state index in [1.54, 1.807) is 13.8 Å². The van der Waals surface area contributed by atoms with Crippen molar-refractivity contribution in [2.24, 2.45) is 0 Å². The Hall–Kier alpha value is -2.46. The summed E-state index contributed by atoms with van der Waals surface area (Å²) >= 11 is 0. The van der Waals surface area contributed by atoms with Crippen LogP contribution in [-0.2, 0) is 24.3 Å². The van der Waals surface area contributed by atoms with Crippen LogP contribution < -0.4 is 5.32 Å². The number of esters is 2. The molecule has 0 heterocycles. The average molecular weight is 386 g/mol. The van der Waals surface area contributed by atoms with Crippen LogP contribution in [-0.4, -0.2) is 64.4 Å². The van der Waals surface area contributed by atoms with Crippen molar-refractivity contribution in [3.8, 4) is 0 Å². The Morgan fingerprint density at radius 2 is 1.69 bits per heavy atom. The fourth-order valence-electron chi connectivity index (χ4n) is 2.18. The first kappa shape index (κ1) is 21.6. The zero-order valence-corrected chi connectivity index (χ0v) is 15.9. The minimum Gasteiger partial charge on any atom is -0.465 e. The minimum atomic E-state index is -4.25. The summed E-state index contributed by atoms with van der Waals surface area (Å²) in [4.78, 5) is 35.1. The lowest BCUT2D eigenvalue weighted by atomic mass is 10.1. The number of sulfonamides is 1. The molecule has 0 aromatic heterocycles. The van der Waals surface area contributed by atoms with Crippen molar-refractivity contribution >= 4 is 27.9 Å². The summed E-state index contributed by atoms with van der Waals surface area (Å²) in [6, 6.07) is 3.47. The molecule has 1 N–H and O–H groups in total. The summed E-state index contributed by atoms with van der Waals surface area (Å²) in [5, 5.41) is 2.51. The smallest absolute Gasteiger partial charge is 0.339 e. The zero-order chi connectivity index (χ0) is 19.9. The van der Waals surface area contributed by atoms with Gasteiger partial charge in [-0.2, -0.15) is 4.31 Å². The highest BCUT2D eigenvalue weighted by molar-refractivity contribution is 7.89. The van der Waals surface area contributed by atoms with Crippen molar-refractivity contribution in [1.82, 2.24) is 9.62 Å². The Morgan fingerprint density at radius 1 is 1.08 bits per heavy atom. The molecule has 1 rings (SSSR count). The average Bonchev–Trinajstić information content (AvgIpc) is 2.64. The summed E-state index contributed by atoms with van der Waals surface area (Å²) in [6.45, 7) is 3.18. The van der Waals surface area contributed by atoms with E-state index in [1.807, 2.05) is 0 Å². The fraction of sp³-hybridized carbons (Fsp3) is 0.438. The number of rotatable bonds is 8. The number of methoxy groups -OCH3 is 2. The molecule has 0 aliphatic carbocycles. The second-order valence-corrected chi connectivity index (χ2v) is 6.99. The summed E-state index contributed by atoms with van der Waals surface area (Å²) < 4.78 is 36.1. The SMILES string of the molecule is CCNC(=O)CN(CC)S(=O)(=O)c1cc(C(=O)OC)ccc1C(=O)OC. The minimum absolute atomic E-state index is 0.0114. The first-order chi connectivity index (χ1) is 12.2. The number of likely N-dealkylation sites (N-methyl/N-ethyl adjacent to an activating group) is 2. The van der Waals surface area contributed by atoms with Crippen LogP contribution >= 0.6 is 0 Å². The van der Waals surface area contributed by atoms with Crippen LogP contribution in [0.5, 0.6) is 0 Å². The van der Waals surface area contributed by atoms with E-state index in [1.165, 1.54) is 12.1 Å². The van der Waals surface area contributed by atoms with Gasteiger partial charge in [0, 0.05) is 13.1 Å². The third kappa shape index (κ3) is 4.79. The first-order valence-corrected chi connectivity index (χ1v) is 9.24. The van der Waals surface area contributed by atoms with Crippen molar-refractivity contribution in [2.75, 3.05) is 33.9 Å². The van der Waals surface area contributed by atoms with Gasteiger partial charge in [0.15, 0.2) is 0 Å². The van der Waals surface area contributed by atoms with Gasteiger partial charge in [0.1, 0.15) is 0 Å². The molecule has 0 atom stereocenters. The van der Waals surface area contributed by atoms with E-state index in [4.69, 9.17) is 0 Å². The number of carbonyl (C=O) groups is 3. The second-order valence-electron chi connectivity index (χ2n) is 5.08. The molecule has 0 radical (unpaired) electrons.